The van der Waals surface area contributed by atoms with Crippen molar-refractivity contribution < 1.29 is 0 Å². The van der Waals surface area contributed by atoms with Crippen molar-refractivity contribution in [1.82, 2.24) is 0 Å². The van der Waals surface area contributed by atoms with Gasteiger partial charge in [-0.25, -0.2) is 0 Å². The van der Waals surface area contributed by atoms with Gasteiger partial charge in [0.05, 0.1) is 0 Å². The summed E-state index contributed by atoms with van der Waals surface area (Å²) in [6.07, 6.45) is 1.69. The van der Waals surface area contributed by atoms with E-state index in [2.05, 4.69) is 12.6 Å². The Bertz CT molecular complexity index is 3.25. The molecular weight excluding hydrogens is 68.1 g/mol. The average molecular weight is 80.2 g/mol. The molecule has 0 saturated heterocycles. The molecule has 0 aromatic carbocycles. The predicted octanol–water partition coefficient (Wildman–Crippen LogP) is 1.82. The maximum absolute atomic E-state index is 3.53. The van der Waals surface area contributed by atoms with Crippen molar-refractivity contribution in [2.75, 3.05) is 6.26 Å². The molecule has 0 N–H and O–H groups in total. The monoisotopic (exact) mass is 80.1 g/mol. The first kappa shape index (κ1) is 26.8. The summed E-state index contributed by atoms with van der Waals surface area (Å²) in [6, 6.07) is 0. The smallest absolute Gasteiger partial charge is 0.0215 e. The van der Waals surface area contributed by atoms with Gasteiger partial charge in [-0.3, -0.25) is 0 Å². The van der Waals surface area contributed by atoms with Crippen LogP contribution in [0.25, 0.3) is 0 Å². The minimum Gasteiger partial charge on any atom is -0.183 e. The molecule has 4 heavy (non-hydrogen) atoms. The lowest BCUT2D eigenvalue weighted by Crippen LogP contribution is -0.865. The predicted molar refractivity (Wildman–Crippen MR) is 28.4 cm³/mol. The van der Waals surface area contributed by atoms with Gasteiger partial charge in [0.15, 0.2) is 0 Å². The van der Waals surface area contributed by atoms with E-state index >= 15 is 0 Å². The van der Waals surface area contributed by atoms with E-state index in [1.165, 1.54) is 0 Å². The second kappa shape index (κ2) is 151. The SMILES string of the molecule is C.C.CS. The van der Waals surface area contributed by atoms with Crippen molar-refractivity contribution in [3.8, 4) is 0 Å². The summed E-state index contributed by atoms with van der Waals surface area (Å²) < 4.78 is 0. The molecule has 30 valence electrons. The summed E-state index contributed by atoms with van der Waals surface area (Å²) in [6.45, 7) is 0. The fourth-order valence-electron chi connectivity index (χ4n) is 0. The molecule has 0 aromatic rings. The Morgan fingerprint density at radius 1 is 1.00 bits per heavy atom. The van der Waals surface area contributed by atoms with Crippen LogP contribution >= 0.6 is 12.6 Å². The summed E-state index contributed by atoms with van der Waals surface area (Å²) in [7, 11) is 0. The molecule has 0 aliphatic rings. The molecule has 0 aromatic heterocycles. The first-order valence-electron chi connectivity index (χ1n) is 0.447. The molecule has 0 amide bonds. The topological polar surface area (TPSA) is 0 Å². The molecule has 0 unspecified atom stereocenters. The first-order chi connectivity index (χ1) is 1.00. The van der Waals surface area contributed by atoms with Crippen molar-refractivity contribution in [1.29, 1.82) is 0 Å². The van der Waals surface area contributed by atoms with E-state index in [9.17, 15) is 0 Å². The van der Waals surface area contributed by atoms with Crippen LogP contribution in [-0.2, 0) is 0 Å². The van der Waals surface area contributed by atoms with Crippen LogP contribution in [0.15, 0.2) is 0 Å². The van der Waals surface area contributed by atoms with E-state index in [1.807, 2.05) is 0 Å². The van der Waals surface area contributed by atoms with Crippen molar-refractivity contribution in [2.45, 2.75) is 14.9 Å². The molecule has 0 atom stereocenters. The Labute approximate surface area is 34.6 Å². The quantitative estimate of drug-likeness (QED) is 0.421. The zero-order valence-electron chi connectivity index (χ0n) is 1.45. The zero-order valence-corrected chi connectivity index (χ0v) is 2.34. The van der Waals surface area contributed by atoms with Gasteiger partial charge in [0.1, 0.15) is 0 Å². The summed E-state index contributed by atoms with van der Waals surface area (Å²) in [5, 5.41) is 0. The molecule has 0 nitrogen and oxygen atoms in total. The average Bonchev–Trinajstić information content (AvgIpc) is 1.00. The molecule has 0 heterocycles. The fraction of sp³-hybridized carbons (Fsp3) is 1.00. The first-order valence-corrected chi connectivity index (χ1v) is 1.34. The van der Waals surface area contributed by atoms with Gasteiger partial charge in [0.2, 0.25) is 0 Å². The van der Waals surface area contributed by atoms with Crippen LogP contribution in [0.5, 0.6) is 0 Å². The van der Waals surface area contributed by atoms with E-state index in [0.29, 0.717) is 0 Å². The van der Waals surface area contributed by atoms with Gasteiger partial charge in [0.25, 0.3) is 0 Å². The standard InChI is InChI=1S/CH4S.2CH4/c1-2;;/h2H,1H3;2*1H4. The fourth-order valence-corrected chi connectivity index (χ4v) is 0. The number of thiol groups is 1. The van der Waals surface area contributed by atoms with Crippen LogP contribution < -0.4 is 0 Å². The minimum atomic E-state index is 0. The molecule has 0 fully saturated rings. The lowest BCUT2D eigenvalue weighted by molar-refractivity contribution is 2.50. The number of hydrogen-bond acceptors (Lipinski definition) is 1. The molecule has 0 radical (unpaired) electrons. The summed E-state index contributed by atoms with van der Waals surface area (Å²) >= 11 is 3.53. The van der Waals surface area contributed by atoms with Crippen LogP contribution in [-0.4, -0.2) is 6.26 Å². The Kier molecular flexibility index (Phi) is 1010. The largest absolute Gasteiger partial charge is 0.183 e. The molecule has 1 heteroatoms. The van der Waals surface area contributed by atoms with E-state index in [4.69, 9.17) is 0 Å². The van der Waals surface area contributed by atoms with Crippen molar-refractivity contribution in [3.63, 3.8) is 0 Å². The molecule has 0 rings (SSSR count). The highest BCUT2D eigenvalue weighted by atomic mass is 32.1. The highest BCUT2D eigenvalue weighted by Crippen LogP contribution is 1.31. The van der Waals surface area contributed by atoms with Crippen molar-refractivity contribution >= 4 is 12.6 Å². The van der Waals surface area contributed by atoms with Gasteiger partial charge in [-0.1, -0.05) is 14.9 Å². The Morgan fingerprint density at radius 3 is 1.00 bits per heavy atom. The summed E-state index contributed by atoms with van der Waals surface area (Å²) in [5.41, 5.74) is 0. The van der Waals surface area contributed by atoms with Crippen LogP contribution in [0.2, 0.25) is 0 Å². The Balaban J connectivity index is -0.00000000500. The highest BCUT2D eigenvalue weighted by molar-refractivity contribution is 7.79. The van der Waals surface area contributed by atoms with E-state index in [1.54, 1.807) is 6.26 Å². The van der Waals surface area contributed by atoms with Crippen LogP contribution in [0.1, 0.15) is 14.9 Å². The molecule has 0 spiro atoms. The van der Waals surface area contributed by atoms with E-state index in [-0.39, 0.29) is 14.9 Å². The summed E-state index contributed by atoms with van der Waals surface area (Å²) in [4.78, 5) is 0. The van der Waals surface area contributed by atoms with Crippen LogP contribution in [0, 0.1) is 0 Å². The third-order valence-electron chi connectivity index (χ3n) is 0. The Hall–Kier alpha value is 0.350. The second-order valence-electron chi connectivity index (χ2n) is 0. The maximum atomic E-state index is 3.53. The molecule has 0 aliphatic carbocycles. The van der Waals surface area contributed by atoms with Gasteiger partial charge >= 0.3 is 0 Å². The van der Waals surface area contributed by atoms with Gasteiger partial charge in [-0.2, -0.15) is 12.6 Å². The second-order valence-corrected chi connectivity index (χ2v) is 0. The molecule has 0 saturated carbocycles. The molecular formula is C3H12S. The Morgan fingerprint density at radius 2 is 1.00 bits per heavy atom. The molecule has 0 bridgehead atoms. The van der Waals surface area contributed by atoms with Gasteiger partial charge in [-0.15, -0.1) is 0 Å². The van der Waals surface area contributed by atoms with Crippen molar-refractivity contribution in [3.05, 3.63) is 0 Å². The zero-order chi connectivity index (χ0) is 2.00. The van der Waals surface area contributed by atoms with Crippen LogP contribution in [0.4, 0.5) is 0 Å². The maximum Gasteiger partial charge on any atom is -0.0215 e. The van der Waals surface area contributed by atoms with Gasteiger partial charge < -0.3 is 0 Å². The van der Waals surface area contributed by atoms with Gasteiger partial charge in [-0.05, 0) is 6.26 Å². The lowest BCUT2D eigenvalue weighted by Gasteiger charge is -1.11. The third-order valence-corrected chi connectivity index (χ3v) is 0. The van der Waals surface area contributed by atoms with E-state index in [0.717, 1.165) is 0 Å². The minimum absolute atomic E-state index is 0. The van der Waals surface area contributed by atoms with E-state index < -0.39 is 0 Å². The van der Waals surface area contributed by atoms with Crippen LogP contribution in [0.3, 0.4) is 0 Å². The number of hydrogen-bond donors (Lipinski definition) is 1. The molecule has 0 aliphatic heterocycles. The highest BCUT2D eigenvalue weighted by Gasteiger charge is 0.901. The number of rotatable bonds is 0. The van der Waals surface area contributed by atoms with Crippen molar-refractivity contribution in [2.24, 2.45) is 0 Å². The van der Waals surface area contributed by atoms with Gasteiger partial charge in [0, 0.05) is 0 Å². The lowest BCUT2D eigenvalue weighted by atomic mass is 12.0. The third kappa shape index (κ3) is 35.0. The normalized spacial score (nSPS) is 1.50. The summed E-state index contributed by atoms with van der Waals surface area (Å²) in [5.74, 6) is 0.